The molecule has 1 aliphatic rings. The molecule has 0 spiro atoms. The molecule has 138 valence electrons. The van der Waals surface area contributed by atoms with Crippen LogP contribution in [0.3, 0.4) is 0 Å². The van der Waals surface area contributed by atoms with Crippen molar-refractivity contribution in [2.75, 3.05) is 33.4 Å². The number of rotatable bonds is 8. The molecular weight excluding hydrogens is 322 g/mol. The number of ether oxygens (including phenoxy) is 2. The minimum absolute atomic E-state index is 0.0294. The highest BCUT2D eigenvalue weighted by Gasteiger charge is 2.48. The summed E-state index contributed by atoms with van der Waals surface area (Å²) in [4.78, 5) is 26.1. The van der Waals surface area contributed by atoms with Gasteiger partial charge in [0.25, 0.3) is 5.91 Å². The van der Waals surface area contributed by atoms with Crippen molar-refractivity contribution in [2.24, 2.45) is 11.3 Å². The van der Waals surface area contributed by atoms with Gasteiger partial charge in [-0.05, 0) is 30.5 Å². The third kappa shape index (κ3) is 4.31. The van der Waals surface area contributed by atoms with Crippen LogP contribution < -0.4 is 4.74 Å². The molecule has 0 bridgehead atoms. The molecule has 1 aromatic rings. The summed E-state index contributed by atoms with van der Waals surface area (Å²) in [6.45, 7) is 5.65. The van der Waals surface area contributed by atoms with E-state index in [0.29, 0.717) is 37.5 Å². The van der Waals surface area contributed by atoms with Gasteiger partial charge in [-0.1, -0.05) is 19.9 Å². The van der Waals surface area contributed by atoms with Crippen LogP contribution in [0.1, 0.15) is 37.0 Å². The molecule has 25 heavy (non-hydrogen) atoms. The molecule has 1 atom stereocenters. The molecule has 0 aliphatic carbocycles. The maximum atomic E-state index is 12.8. The smallest absolute Gasteiger partial charge is 0.311 e. The Morgan fingerprint density at radius 3 is 2.68 bits per heavy atom. The van der Waals surface area contributed by atoms with Gasteiger partial charge in [-0.25, -0.2) is 0 Å². The van der Waals surface area contributed by atoms with Crippen LogP contribution in [0.5, 0.6) is 5.75 Å². The lowest BCUT2D eigenvalue weighted by Gasteiger charge is -2.28. The molecule has 1 aromatic carbocycles. The molecule has 1 amide bonds. The van der Waals surface area contributed by atoms with E-state index in [0.717, 1.165) is 6.42 Å². The van der Waals surface area contributed by atoms with Crippen LogP contribution in [0.2, 0.25) is 0 Å². The van der Waals surface area contributed by atoms with Gasteiger partial charge in [0.1, 0.15) is 5.75 Å². The molecule has 6 nitrogen and oxygen atoms in total. The SMILES string of the molecule is COCCCOc1cccc(C(=O)N2CCC(C(=O)O)(C(C)C)C2)c1. The fourth-order valence-electron chi connectivity index (χ4n) is 3.19. The van der Waals surface area contributed by atoms with E-state index in [1.807, 2.05) is 19.9 Å². The van der Waals surface area contributed by atoms with Crippen LogP contribution in [-0.4, -0.2) is 55.3 Å². The highest BCUT2D eigenvalue weighted by molar-refractivity contribution is 5.95. The van der Waals surface area contributed by atoms with Crippen LogP contribution in [0.15, 0.2) is 24.3 Å². The second-order valence-corrected chi connectivity index (χ2v) is 6.82. The summed E-state index contributed by atoms with van der Waals surface area (Å²) in [5.74, 6) is -0.369. The number of carboxylic acids is 1. The van der Waals surface area contributed by atoms with E-state index in [4.69, 9.17) is 9.47 Å². The lowest BCUT2D eigenvalue weighted by molar-refractivity contribution is -0.150. The number of aliphatic carboxylic acids is 1. The highest BCUT2D eigenvalue weighted by Crippen LogP contribution is 2.38. The fourth-order valence-corrected chi connectivity index (χ4v) is 3.19. The van der Waals surface area contributed by atoms with Crippen molar-refractivity contribution in [1.29, 1.82) is 0 Å². The van der Waals surface area contributed by atoms with Gasteiger partial charge in [0.05, 0.1) is 12.0 Å². The summed E-state index contributed by atoms with van der Waals surface area (Å²) in [6, 6.07) is 7.04. The lowest BCUT2D eigenvalue weighted by atomic mass is 9.76. The highest BCUT2D eigenvalue weighted by atomic mass is 16.5. The first-order valence-corrected chi connectivity index (χ1v) is 8.65. The predicted molar refractivity (Wildman–Crippen MR) is 93.9 cm³/mol. The number of nitrogens with zero attached hydrogens (tertiary/aromatic N) is 1. The van der Waals surface area contributed by atoms with Crippen molar-refractivity contribution < 1.29 is 24.2 Å². The van der Waals surface area contributed by atoms with E-state index in [9.17, 15) is 14.7 Å². The number of carbonyl (C=O) groups excluding carboxylic acids is 1. The van der Waals surface area contributed by atoms with E-state index in [-0.39, 0.29) is 18.4 Å². The number of methoxy groups -OCH3 is 1. The maximum absolute atomic E-state index is 12.8. The van der Waals surface area contributed by atoms with Crippen molar-refractivity contribution >= 4 is 11.9 Å². The molecule has 1 fully saturated rings. The van der Waals surface area contributed by atoms with Gasteiger partial charge in [0.15, 0.2) is 0 Å². The predicted octanol–water partition coefficient (Wildman–Crippen LogP) is 2.67. The Morgan fingerprint density at radius 1 is 1.32 bits per heavy atom. The van der Waals surface area contributed by atoms with Gasteiger partial charge < -0.3 is 19.5 Å². The van der Waals surface area contributed by atoms with Crippen LogP contribution in [0.25, 0.3) is 0 Å². The molecule has 6 heteroatoms. The van der Waals surface area contributed by atoms with Crippen LogP contribution in [0.4, 0.5) is 0 Å². The number of benzene rings is 1. The summed E-state index contributed by atoms with van der Waals surface area (Å²) < 4.78 is 10.6. The molecular formula is C19H27NO5. The third-order valence-electron chi connectivity index (χ3n) is 4.96. The molecule has 1 saturated heterocycles. The van der Waals surface area contributed by atoms with Gasteiger partial charge in [0.2, 0.25) is 0 Å². The lowest BCUT2D eigenvalue weighted by Crippen LogP contribution is -2.40. The monoisotopic (exact) mass is 349 g/mol. The Kier molecular flexibility index (Phi) is 6.42. The van der Waals surface area contributed by atoms with Crippen molar-refractivity contribution in [2.45, 2.75) is 26.7 Å². The largest absolute Gasteiger partial charge is 0.493 e. The van der Waals surface area contributed by atoms with Gasteiger partial charge in [-0.2, -0.15) is 0 Å². The van der Waals surface area contributed by atoms with Gasteiger partial charge >= 0.3 is 5.97 Å². The molecule has 0 saturated carbocycles. The summed E-state index contributed by atoms with van der Waals surface area (Å²) in [5.41, 5.74) is -0.335. The molecule has 1 heterocycles. The van der Waals surface area contributed by atoms with E-state index < -0.39 is 11.4 Å². The van der Waals surface area contributed by atoms with Crippen molar-refractivity contribution in [3.05, 3.63) is 29.8 Å². The zero-order valence-electron chi connectivity index (χ0n) is 15.2. The summed E-state index contributed by atoms with van der Waals surface area (Å²) in [5, 5.41) is 9.62. The standard InChI is InChI=1S/C19H27NO5/c1-14(2)19(18(22)23)8-9-20(13-19)17(21)15-6-4-7-16(12-15)25-11-5-10-24-3/h4,6-7,12,14H,5,8-11,13H2,1-3H3,(H,22,23). The quantitative estimate of drug-likeness (QED) is 0.730. The zero-order chi connectivity index (χ0) is 18.4. The van der Waals surface area contributed by atoms with E-state index in [2.05, 4.69) is 0 Å². The first kappa shape index (κ1) is 19.2. The Bertz CT molecular complexity index is 616. The van der Waals surface area contributed by atoms with E-state index in [1.54, 1.807) is 30.2 Å². The maximum Gasteiger partial charge on any atom is 0.311 e. The van der Waals surface area contributed by atoms with Crippen molar-refractivity contribution in [3.63, 3.8) is 0 Å². The molecule has 2 rings (SSSR count). The molecule has 0 aromatic heterocycles. The summed E-state index contributed by atoms with van der Waals surface area (Å²) >= 11 is 0. The molecule has 1 aliphatic heterocycles. The molecule has 1 N–H and O–H groups in total. The second kappa shape index (κ2) is 8.34. The van der Waals surface area contributed by atoms with E-state index >= 15 is 0 Å². The summed E-state index contributed by atoms with van der Waals surface area (Å²) in [6.07, 6.45) is 1.26. The fraction of sp³-hybridized carbons (Fsp3) is 0.579. The minimum Gasteiger partial charge on any atom is -0.493 e. The number of hydrogen-bond donors (Lipinski definition) is 1. The Hall–Kier alpha value is -2.08. The first-order chi connectivity index (χ1) is 11.9. The Balaban J connectivity index is 2.05. The Morgan fingerprint density at radius 2 is 2.08 bits per heavy atom. The van der Waals surface area contributed by atoms with Crippen molar-refractivity contribution in [3.8, 4) is 5.75 Å². The van der Waals surface area contributed by atoms with E-state index in [1.165, 1.54) is 0 Å². The number of likely N-dealkylation sites (tertiary alicyclic amines) is 1. The normalized spacial score (nSPS) is 20.1. The number of carboxylic acid groups (broad SMARTS) is 1. The van der Waals surface area contributed by atoms with Gasteiger partial charge in [-0.3, -0.25) is 9.59 Å². The minimum atomic E-state index is -0.857. The number of carbonyl (C=O) groups is 2. The van der Waals surface area contributed by atoms with Gasteiger partial charge in [-0.15, -0.1) is 0 Å². The number of amides is 1. The molecule has 0 radical (unpaired) electrons. The van der Waals surface area contributed by atoms with Crippen molar-refractivity contribution in [1.82, 2.24) is 4.90 Å². The van der Waals surface area contributed by atoms with Crippen LogP contribution >= 0.6 is 0 Å². The zero-order valence-corrected chi connectivity index (χ0v) is 15.2. The molecule has 1 unspecified atom stereocenters. The second-order valence-electron chi connectivity index (χ2n) is 6.82. The average molecular weight is 349 g/mol. The summed E-state index contributed by atoms with van der Waals surface area (Å²) in [7, 11) is 1.64. The average Bonchev–Trinajstić information content (AvgIpc) is 3.05. The van der Waals surface area contributed by atoms with Crippen LogP contribution in [-0.2, 0) is 9.53 Å². The Labute approximate surface area is 148 Å². The third-order valence-corrected chi connectivity index (χ3v) is 4.96. The topological polar surface area (TPSA) is 76.1 Å². The van der Waals surface area contributed by atoms with Gasteiger partial charge in [0, 0.05) is 38.8 Å². The van der Waals surface area contributed by atoms with Crippen LogP contribution in [0, 0.1) is 11.3 Å². The number of hydrogen-bond acceptors (Lipinski definition) is 4. The first-order valence-electron chi connectivity index (χ1n) is 8.65.